The number of halogens is 4. The Morgan fingerprint density at radius 1 is 1.28 bits per heavy atom. The van der Waals surface area contributed by atoms with Gasteiger partial charge in [0.15, 0.2) is 0 Å². The van der Waals surface area contributed by atoms with Crippen LogP contribution in [0.3, 0.4) is 0 Å². The highest BCUT2D eigenvalue weighted by atomic mass is 19.4. The van der Waals surface area contributed by atoms with Crippen LogP contribution in [-0.4, -0.2) is 52.9 Å². The van der Waals surface area contributed by atoms with Crippen LogP contribution in [0.1, 0.15) is 29.9 Å². The van der Waals surface area contributed by atoms with Crippen molar-refractivity contribution in [2.24, 2.45) is 5.41 Å². The lowest BCUT2D eigenvalue weighted by molar-refractivity contribution is -0.192. The predicted molar refractivity (Wildman–Crippen MR) is 105 cm³/mol. The highest BCUT2D eigenvalue weighted by molar-refractivity contribution is 5.96. The molecule has 1 aromatic heterocycles. The molecule has 4 rings (SSSR count). The third kappa shape index (κ3) is 5.26. The SMILES string of the molecule is Cc1noc(C)c1CN1CCC2(CC(=O)N(c3cccc(F)c3)C2)C1.O=C(O)C(F)(F)F. The zero-order valence-corrected chi connectivity index (χ0v) is 17.6. The molecular formula is C21H23F4N3O4. The van der Waals surface area contributed by atoms with E-state index in [0.29, 0.717) is 18.7 Å². The van der Waals surface area contributed by atoms with Crippen molar-refractivity contribution in [3.05, 3.63) is 47.1 Å². The van der Waals surface area contributed by atoms with Gasteiger partial charge in [0, 0.05) is 42.7 Å². The molecule has 1 amide bonds. The molecule has 174 valence electrons. The van der Waals surface area contributed by atoms with Crippen molar-refractivity contribution in [2.75, 3.05) is 24.5 Å². The molecule has 2 aromatic rings. The predicted octanol–water partition coefficient (Wildman–Crippen LogP) is 3.69. The molecule has 2 fully saturated rings. The number of benzene rings is 1. The summed E-state index contributed by atoms with van der Waals surface area (Å²) in [5.74, 6) is -2.11. The van der Waals surface area contributed by atoms with Crippen LogP contribution in [0.25, 0.3) is 0 Å². The summed E-state index contributed by atoms with van der Waals surface area (Å²) in [6.45, 7) is 7.18. The average Bonchev–Trinajstić information content (AvgIpc) is 3.35. The topological polar surface area (TPSA) is 86.9 Å². The van der Waals surface area contributed by atoms with E-state index in [0.717, 1.165) is 43.1 Å². The molecule has 2 aliphatic rings. The molecule has 0 saturated carbocycles. The van der Waals surface area contributed by atoms with E-state index < -0.39 is 12.1 Å². The van der Waals surface area contributed by atoms with Gasteiger partial charge in [0.25, 0.3) is 0 Å². The summed E-state index contributed by atoms with van der Waals surface area (Å²) < 4.78 is 50.5. The van der Waals surface area contributed by atoms with E-state index in [1.807, 2.05) is 13.8 Å². The summed E-state index contributed by atoms with van der Waals surface area (Å²) in [5.41, 5.74) is 2.69. The molecule has 3 heterocycles. The number of nitrogens with zero attached hydrogens (tertiary/aromatic N) is 3. The van der Waals surface area contributed by atoms with Crippen LogP contribution in [-0.2, 0) is 16.1 Å². The minimum Gasteiger partial charge on any atom is -0.475 e. The highest BCUT2D eigenvalue weighted by Crippen LogP contribution is 2.42. The third-order valence-corrected chi connectivity index (χ3v) is 5.76. The molecule has 0 bridgehead atoms. The zero-order valence-electron chi connectivity index (χ0n) is 17.6. The van der Waals surface area contributed by atoms with Crippen molar-refractivity contribution in [3.63, 3.8) is 0 Å². The number of rotatable bonds is 3. The first-order valence-corrected chi connectivity index (χ1v) is 9.90. The van der Waals surface area contributed by atoms with Crippen molar-refractivity contribution in [2.45, 2.75) is 39.4 Å². The zero-order chi connectivity index (χ0) is 23.7. The molecule has 1 aromatic carbocycles. The molecule has 7 nitrogen and oxygen atoms in total. The Morgan fingerprint density at radius 2 is 1.97 bits per heavy atom. The average molecular weight is 457 g/mol. The first-order valence-electron chi connectivity index (χ1n) is 9.90. The number of carbonyl (C=O) groups excluding carboxylic acids is 1. The number of anilines is 1. The number of carbonyl (C=O) groups is 2. The Hall–Kier alpha value is -2.95. The minimum absolute atomic E-state index is 0.0393. The fraction of sp³-hybridized carbons (Fsp3) is 0.476. The van der Waals surface area contributed by atoms with E-state index in [-0.39, 0.29) is 17.1 Å². The number of likely N-dealkylation sites (tertiary alicyclic amines) is 1. The van der Waals surface area contributed by atoms with Gasteiger partial charge in [0.1, 0.15) is 11.6 Å². The smallest absolute Gasteiger partial charge is 0.475 e. The first-order chi connectivity index (χ1) is 14.9. The van der Waals surface area contributed by atoms with Gasteiger partial charge in [-0.3, -0.25) is 9.69 Å². The van der Waals surface area contributed by atoms with Crippen molar-refractivity contribution in [3.8, 4) is 0 Å². The Kier molecular flexibility index (Phi) is 6.59. The van der Waals surface area contributed by atoms with Crippen LogP contribution in [0.15, 0.2) is 28.8 Å². The number of amides is 1. The van der Waals surface area contributed by atoms with Gasteiger partial charge in [-0.25, -0.2) is 9.18 Å². The maximum atomic E-state index is 13.5. The summed E-state index contributed by atoms with van der Waals surface area (Å²) >= 11 is 0. The van der Waals surface area contributed by atoms with Gasteiger partial charge in [-0.2, -0.15) is 13.2 Å². The molecule has 1 unspecified atom stereocenters. The molecule has 0 radical (unpaired) electrons. The van der Waals surface area contributed by atoms with Crippen LogP contribution < -0.4 is 4.90 Å². The Labute approximate surface area is 181 Å². The fourth-order valence-electron chi connectivity index (χ4n) is 4.16. The maximum absolute atomic E-state index is 13.5. The monoisotopic (exact) mass is 457 g/mol. The molecule has 32 heavy (non-hydrogen) atoms. The molecule has 11 heteroatoms. The van der Waals surface area contributed by atoms with Gasteiger partial charge < -0.3 is 14.5 Å². The summed E-state index contributed by atoms with van der Waals surface area (Å²) in [6, 6.07) is 6.30. The lowest BCUT2D eigenvalue weighted by atomic mass is 9.86. The van der Waals surface area contributed by atoms with Gasteiger partial charge in [-0.05, 0) is 45.0 Å². The molecule has 1 spiro atoms. The van der Waals surface area contributed by atoms with Crippen molar-refractivity contribution >= 4 is 17.6 Å². The summed E-state index contributed by atoms with van der Waals surface area (Å²) in [6.07, 6.45) is -3.57. The van der Waals surface area contributed by atoms with Crippen molar-refractivity contribution in [1.82, 2.24) is 10.1 Å². The Balaban J connectivity index is 0.000000360. The third-order valence-electron chi connectivity index (χ3n) is 5.76. The summed E-state index contributed by atoms with van der Waals surface area (Å²) in [4.78, 5) is 25.5. The Morgan fingerprint density at radius 3 is 2.53 bits per heavy atom. The minimum atomic E-state index is -5.08. The highest BCUT2D eigenvalue weighted by Gasteiger charge is 2.47. The first kappa shape index (κ1) is 23.7. The van der Waals surface area contributed by atoms with E-state index in [9.17, 15) is 22.4 Å². The van der Waals surface area contributed by atoms with E-state index in [2.05, 4.69) is 10.1 Å². The van der Waals surface area contributed by atoms with Crippen LogP contribution in [0.4, 0.5) is 23.2 Å². The standard InChI is InChI=1S/C19H22FN3O2.C2HF3O2/c1-13-17(14(2)25-21-13)10-22-7-6-19(11-22)9-18(24)23(12-19)16-5-3-4-15(20)8-16;3-2(4,5)1(6)7/h3-5,8H,6-7,9-12H2,1-2H3;(H,6,7). The van der Waals surface area contributed by atoms with Gasteiger partial charge in [0.2, 0.25) is 5.91 Å². The number of aliphatic carboxylic acids is 1. The van der Waals surface area contributed by atoms with Crippen LogP contribution in [0.5, 0.6) is 0 Å². The maximum Gasteiger partial charge on any atom is 0.490 e. The van der Waals surface area contributed by atoms with Crippen molar-refractivity contribution in [1.29, 1.82) is 0 Å². The van der Waals surface area contributed by atoms with Crippen LogP contribution in [0, 0.1) is 25.1 Å². The normalized spacial score (nSPS) is 21.2. The van der Waals surface area contributed by atoms with Gasteiger partial charge >= 0.3 is 12.1 Å². The second kappa shape index (κ2) is 8.89. The number of aryl methyl sites for hydroxylation is 2. The molecule has 2 aliphatic heterocycles. The number of hydrogen-bond acceptors (Lipinski definition) is 5. The van der Waals surface area contributed by atoms with E-state index in [1.165, 1.54) is 12.1 Å². The molecule has 2 saturated heterocycles. The van der Waals surface area contributed by atoms with Gasteiger partial charge in [-0.1, -0.05) is 11.2 Å². The number of alkyl halides is 3. The Bertz CT molecular complexity index is 988. The number of carboxylic acids is 1. The van der Waals surface area contributed by atoms with E-state index in [4.69, 9.17) is 14.4 Å². The van der Waals surface area contributed by atoms with Gasteiger partial charge in [-0.15, -0.1) is 0 Å². The second-order valence-electron chi connectivity index (χ2n) is 8.20. The summed E-state index contributed by atoms with van der Waals surface area (Å²) in [7, 11) is 0. The number of carboxylic acid groups (broad SMARTS) is 1. The number of aromatic nitrogens is 1. The van der Waals surface area contributed by atoms with Crippen LogP contribution in [0.2, 0.25) is 0 Å². The van der Waals surface area contributed by atoms with Gasteiger partial charge in [0.05, 0.1) is 5.69 Å². The molecule has 1 atom stereocenters. The lowest BCUT2D eigenvalue weighted by Crippen LogP contribution is -2.31. The quantitative estimate of drug-likeness (QED) is 0.708. The fourth-order valence-corrected chi connectivity index (χ4v) is 4.16. The van der Waals surface area contributed by atoms with E-state index >= 15 is 0 Å². The largest absolute Gasteiger partial charge is 0.490 e. The number of hydrogen-bond donors (Lipinski definition) is 1. The molecule has 1 N–H and O–H groups in total. The van der Waals surface area contributed by atoms with E-state index in [1.54, 1.807) is 17.0 Å². The summed E-state index contributed by atoms with van der Waals surface area (Å²) in [5, 5.41) is 11.1. The lowest BCUT2D eigenvalue weighted by Gasteiger charge is -2.24. The molecule has 0 aliphatic carbocycles. The van der Waals surface area contributed by atoms with Crippen LogP contribution >= 0.6 is 0 Å². The molecular weight excluding hydrogens is 434 g/mol. The second-order valence-corrected chi connectivity index (χ2v) is 8.20. The van der Waals surface area contributed by atoms with Crippen molar-refractivity contribution < 1.29 is 36.8 Å².